The number of carbonyl (C=O) groups excluding carboxylic acids is 1. The number of pyridine rings is 1. The van der Waals surface area contributed by atoms with Gasteiger partial charge in [0.2, 0.25) is 5.91 Å². The van der Waals surface area contributed by atoms with Crippen molar-refractivity contribution in [3.63, 3.8) is 0 Å². The van der Waals surface area contributed by atoms with Gasteiger partial charge in [0.25, 0.3) is 0 Å². The number of nitrogens with one attached hydrogen (secondary N) is 1. The van der Waals surface area contributed by atoms with Gasteiger partial charge in [0, 0.05) is 30.4 Å². The minimum Gasteiger partial charge on any atom is -0.334 e. The van der Waals surface area contributed by atoms with Crippen LogP contribution in [-0.2, 0) is 4.79 Å². The minimum atomic E-state index is 0.130. The molecule has 5 heteroatoms. The van der Waals surface area contributed by atoms with Gasteiger partial charge >= 0.3 is 0 Å². The summed E-state index contributed by atoms with van der Waals surface area (Å²) in [6.07, 6.45) is 13.3. The Balaban J connectivity index is 1.60. The van der Waals surface area contributed by atoms with Crippen molar-refractivity contribution in [3.05, 3.63) is 36.4 Å². The average Bonchev–Trinajstić information content (AvgIpc) is 3.31. The van der Waals surface area contributed by atoms with Gasteiger partial charge in [0.05, 0.1) is 17.9 Å². The fourth-order valence-electron chi connectivity index (χ4n) is 4.23. The van der Waals surface area contributed by atoms with E-state index in [1.54, 1.807) is 12.4 Å². The Bertz CT molecular complexity index is 690. The normalized spacial score (nSPS) is 22.0. The maximum absolute atomic E-state index is 13.0. The second-order valence-corrected chi connectivity index (χ2v) is 6.96. The lowest BCUT2D eigenvalue weighted by atomic mass is 9.88. The summed E-state index contributed by atoms with van der Waals surface area (Å²) in [6.45, 7) is 0.870. The lowest BCUT2D eigenvalue weighted by Crippen LogP contribution is -2.36. The first-order valence-corrected chi connectivity index (χ1v) is 9.09. The van der Waals surface area contributed by atoms with Gasteiger partial charge in [-0.3, -0.25) is 14.9 Å². The van der Waals surface area contributed by atoms with E-state index in [4.69, 9.17) is 0 Å². The third-order valence-electron chi connectivity index (χ3n) is 5.48. The zero-order valence-electron chi connectivity index (χ0n) is 13.9. The largest absolute Gasteiger partial charge is 0.334 e. The van der Waals surface area contributed by atoms with Gasteiger partial charge in [-0.2, -0.15) is 5.10 Å². The number of carbonyl (C=O) groups is 1. The Kier molecular flexibility index (Phi) is 4.32. The zero-order valence-corrected chi connectivity index (χ0v) is 13.9. The summed E-state index contributed by atoms with van der Waals surface area (Å²) in [4.78, 5) is 19.2. The van der Waals surface area contributed by atoms with Crippen LogP contribution >= 0.6 is 0 Å². The summed E-state index contributed by atoms with van der Waals surface area (Å²) < 4.78 is 0. The van der Waals surface area contributed by atoms with Crippen LogP contribution in [0, 0.1) is 5.92 Å². The topological polar surface area (TPSA) is 61.9 Å². The molecule has 2 aromatic rings. The molecule has 0 bridgehead atoms. The van der Waals surface area contributed by atoms with Crippen molar-refractivity contribution in [2.45, 2.75) is 51.0 Å². The number of hydrogen-bond acceptors (Lipinski definition) is 3. The van der Waals surface area contributed by atoms with Gasteiger partial charge in [-0.15, -0.1) is 0 Å². The molecule has 1 atom stereocenters. The van der Waals surface area contributed by atoms with Crippen LogP contribution in [0.1, 0.15) is 56.7 Å². The number of hydrogen-bond donors (Lipinski definition) is 1. The van der Waals surface area contributed by atoms with Crippen LogP contribution in [0.3, 0.4) is 0 Å². The molecule has 2 fully saturated rings. The molecule has 0 unspecified atom stereocenters. The SMILES string of the molecule is O=C(C1CCCCC1)N1CCC[C@H]1c1[nH]ncc1-c1ccncc1. The third kappa shape index (κ3) is 2.83. The van der Waals surface area contributed by atoms with Crippen LogP contribution < -0.4 is 0 Å². The molecule has 1 N–H and O–H groups in total. The number of amides is 1. The quantitative estimate of drug-likeness (QED) is 0.936. The summed E-state index contributed by atoms with van der Waals surface area (Å²) in [5, 5.41) is 7.44. The Morgan fingerprint density at radius 3 is 2.67 bits per heavy atom. The predicted octanol–water partition coefficient (Wildman–Crippen LogP) is 3.72. The number of nitrogens with zero attached hydrogens (tertiary/aromatic N) is 3. The molecule has 1 saturated carbocycles. The summed E-state index contributed by atoms with van der Waals surface area (Å²) >= 11 is 0. The van der Waals surface area contributed by atoms with Gasteiger partial charge in [0.15, 0.2) is 0 Å². The van der Waals surface area contributed by atoms with E-state index in [9.17, 15) is 4.79 Å². The first-order valence-electron chi connectivity index (χ1n) is 9.09. The second-order valence-electron chi connectivity index (χ2n) is 6.96. The fraction of sp³-hybridized carbons (Fsp3) is 0.526. The Morgan fingerprint density at radius 1 is 1.08 bits per heavy atom. The van der Waals surface area contributed by atoms with Gasteiger partial charge in [-0.05, 0) is 43.4 Å². The predicted molar refractivity (Wildman–Crippen MR) is 92.1 cm³/mol. The van der Waals surface area contributed by atoms with Gasteiger partial charge < -0.3 is 4.90 Å². The van der Waals surface area contributed by atoms with Crippen LogP contribution in [0.5, 0.6) is 0 Å². The van der Waals surface area contributed by atoms with E-state index in [0.717, 1.165) is 49.0 Å². The fourth-order valence-corrected chi connectivity index (χ4v) is 4.23. The van der Waals surface area contributed by atoms with E-state index in [-0.39, 0.29) is 12.0 Å². The van der Waals surface area contributed by atoms with Crippen LogP contribution in [0.25, 0.3) is 11.1 Å². The molecule has 0 radical (unpaired) electrons. The van der Waals surface area contributed by atoms with Crippen molar-refractivity contribution in [3.8, 4) is 11.1 Å². The third-order valence-corrected chi connectivity index (χ3v) is 5.48. The molecule has 2 aromatic heterocycles. The van der Waals surface area contributed by atoms with Crippen LogP contribution in [0.4, 0.5) is 0 Å². The van der Waals surface area contributed by atoms with Crippen molar-refractivity contribution in [2.24, 2.45) is 5.92 Å². The molecule has 1 saturated heterocycles. The number of H-pyrrole nitrogens is 1. The molecule has 3 heterocycles. The van der Waals surface area contributed by atoms with E-state index in [1.165, 1.54) is 19.3 Å². The minimum absolute atomic E-state index is 0.130. The molecule has 1 aliphatic heterocycles. The molecule has 4 rings (SSSR count). The lowest BCUT2D eigenvalue weighted by molar-refractivity contribution is -0.137. The van der Waals surface area contributed by atoms with Crippen molar-refractivity contribution in [1.82, 2.24) is 20.1 Å². The highest BCUT2D eigenvalue weighted by Crippen LogP contribution is 2.38. The monoisotopic (exact) mass is 324 g/mol. The summed E-state index contributed by atoms with van der Waals surface area (Å²) in [6, 6.07) is 4.12. The van der Waals surface area contributed by atoms with Crippen molar-refractivity contribution in [1.29, 1.82) is 0 Å². The highest BCUT2D eigenvalue weighted by atomic mass is 16.2. The molecule has 24 heavy (non-hydrogen) atoms. The summed E-state index contributed by atoms with van der Waals surface area (Å²) in [7, 11) is 0. The average molecular weight is 324 g/mol. The van der Waals surface area contributed by atoms with Gasteiger partial charge in [0.1, 0.15) is 0 Å². The van der Waals surface area contributed by atoms with Gasteiger partial charge in [-0.25, -0.2) is 0 Å². The van der Waals surface area contributed by atoms with Crippen molar-refractivity contribution in [2.75, 3.05) is 6.54 Å². The molecule has 0 spiro atoms. The Morgan fingerprint density at radius 2 is 1.88 bits per heavy atom. The van der Waals surface area contributed by atoms with Crippen LogP contribution in [0.2, 0.25) is 0 Å². The molecule has 126 valence electrons. The van der Waals surface area contributed by atoms with E-state index < -0.39 is 0 Å². The molecule has 0 aromatic carbocycles. The molecular formula is C19H24N4O. The zero-order chi connectivity index (χ0) is 16.4. The summed E-state index contributed by atoms with van der Waals surface area (Å²) in [5.74, 6) is 0.583. The molecular weight excluding hydrogens is 300 g/mol. The van der Waals surface area contributed by atoms with E-state index in [2.05, 4.69) is 20.1 Å². The molecule has 1 amide bonds. The van der Waals surface area contributed by atoms with E-state index in [0.29, 0.717) is 5.91 Å². The number of aromatic amines is 1. The highest BCUT2D eigenvalue weighted by Gasteiger charge is 2.36. The summed E-state index contributed by atoms with van der Waals surface area (Å²) in [5.41, 5.74) is 3.26. The maximum Gasteiger partial charge on any atom is 0.226 e. The van der Waals surface area contributed by atoms with Crippen molar-refractivity contribution >= 4 is 5.91 Å². The number of likely N-dealkylation sites (tertiary alicyclic amines) is 1. The smallest absolute Gasteiger partial charge is 0.226 e. The Hall–Kier alpha value is -2.17. The molecule has 5 nitrogen and oxygen atoms in total. The molecule has 2 aliphatic rings. The lowest BCUT2D eigenvalue weighted by Gasteiger charge is -2.30. The maximum atomic E-state index is 13.0. The number of aromatic nitrogens is 3. The Labute approximate surface area is 142 Å². The highest BCUT2D eigenvalue weighted by molar-refractivity contribution is 5.80. The standard InChI is InChI=1S/C19H24N4O/c24-19(15-5-2-1-3-6-15)23-12-4-7-17(23)18-16(13-21-22-18)14-8-10-20-11-9-14/h8-11,13,15,17H,1-7,12H2,(H,21,22)/t17-/m0/s1. The van der Waals surface area contributed by atoms with Gasteiger partial charge in [-0.1, -0.05) is 19.3 Å². The molecule has 1 aliphatic carbocycles. The second kappa shape index (κ2) is 6.75. The van der Waals surface area contributed by atoms with E-state index in [1.807, 2.05) is 18.3 Å². The van der Waals surface area contributed by atoms with Crippen LogP contribution in [0.15, 0.2) is 30.7 Å². The van der Waals surface area contributed by atoms with Crippen LogP contribution in [-0.4, -0.2) is 32.5 Å². The number of rotatable bonds is 3. The van der Waals surface area contributed by atoms with E-state index >= 15 is 0 Å². The van der Waals surface area contributed by atoms with Crippen molar-refractivity contribution < 1.29 is 4.79 Å². The first-order chi connectivity index (χ1) is 11.8. The first kappa shape index (κ1) is 15.4.